The molecule has 25 heavy (non-hydrogen) atoms. The van der Waals surface area contributed by atoms with Crippen molar-refractivity contribution in [1.82, 2.24) is 15.0 Å². The molecule has 0 aliphatic carbocycles. The Morgan fingerprint density at radius 1 is 0.880 bits per heavy atom. The molecule has 128 valence electrons. The van der Waals surface area contributed by atoms with E-state index in [0.717, 1.165) is 18.5 Å². The lowest BCUT2D eigenvalue weighted by molar-refractivity contribution is -0.141. The first kappa shape index (κ1) is 16.7. The summed E-state index contributed by atoms with van der Waals surface area (Å²) in [5.74, 6) is -1.52. The zero-order valence-electron chi connectivity index (χ0n) is 12.4. The van der Waals surface area contributed by atoms with Gasteiger partial charge in [0.25, 0.3) is 0 Å². The van der Waals surface area contributed by atoms with Crippen molar-refractivity contribution < 1.29 is 22.0 Å². The molecule has 3 rings (SSSR count). The molecule has 0 aliphatic heterocycles. The zero-order chi connectivity index (χ0) is 18.0. The first-order chi connectivity index (χ1) is 11.8. The predicted molar refractivity (Wildman–Crippen MR) is 79.9 cm³/mol. The van der Waals surface area contributed by atoms with E-state index in [2.05, 4.69) is 20.3 Å². The van der Waals surface area contributed by atoms with Gasteiger partial charge in [0.05, 0.1) is 5.69 Å². The molecule has 0 saturated carbocycles. The normalized spacial score (nSPS) is 11.4. The number of halogens is 5. The summed E-state index contributed by atoms with van der Waals surface area (Å²) in [6, 6.07) is 7.67. The van der Waals surface area contributed by atoms with Crippen LogP contribution < -0.4 is 5.32 Å². The maximum Gasteiger partial charge on any atom is 0.433 e. The Hall–Kier alpha value is -3.10. The average molecular weight is 352 g/mol. The minimum atomic E-state index is -4.58. The van der Waals surface area contributed by atoms with Crippen molar-refractivity contribution in [1.29, 1.82) is 0 Å². The molecular weight excluding hydrogens is 343 g/mol. The number of hydrogen-bond donors (Lipinski definition) is 1. The Labute approximate surface area is 138 Å². The number of nitrogens with one attached hydrogen (secondary N) is 1. The second-order valence-corrected chi connectivity index (χ2v) is 4.94. The molecule has 0 amide bonds. The Morgan fingerprint density at radius 3 is 2.40 bits per heavy atom. The van der Waals surface area contributed by atoms with Crippen LogP contribution in [-0.2, 0) is 6.18 Å². The minimum absolute atomic E-state index is 0.0313. The first-order valence-electron chi connectivity index (χ1n) is 6.92. The summed E-state index contributed by atoms with van der Waals surface area (Å²) in [7, 11) is 0. The van der Waals surface area contributed by atoms with Crippen LogP contribution in [0.1, 0.15) is 5.69 Å². The first-order valence-corrected chi connectivity index (χ1v) is 6.92. The predicted octanol–water partition coefficient (Wildman–Crippen LogP) is 4.58. The van der Waals surface area contributed by atoms with Crippen molar-refractivity contribution in [2.24, 2.45) is 0 Å². The van der Waals surface area contributed by atoms with E-state index in [9.17, 15) is 22.0 Å². The quantitative estimate of drug-likeness (QED) is 0.701. The summed E-state index contributed by atoms with van der Waals surface area (Å²) in [6.45, 7) is 0. The highest BCUT2D eigenvalue weighted by Gasteiger charge is 2.32. The fraction of sp³-hybridized carbons (Fsp3) is 0.0625. The SMILES string of the molecule is Fc1ccc(-c2cc(Nc3cccc(C(F)(F)F)n3)ncn2)c(F)c1. The van der Waals surface area contributed by atoms with Gasteiger partial charge in [0.2, 0.25) is 0 Å². The molecule has 0 atom stereocenters. The Kier molecular flexibility index (Phi) is 4.30. The molecule has 4 nitrogen and oxygen atoms in total. The van der Waals surface area contributed by atoms with Gasteiger partial charge in [-0.1, -0.05) is 6.07 Å². The van der Waals surface area contributed by atoms with Crippen LogP contribution in [0.15, 0.2) is 48.8 Å². The van der Waals surface area contributed by atoms with Crippen molar-refractivity contribution in [2.75, 3.05) is 5.32 Å². The number of benzene rings is 1. The molecule has 0 saturated heterocycles. The van der Waals surface area contributed by atoms with Gasteiger partial charge in [-0.2, -0.15) is 13.2 Å². The van der Waals surface area contributed by atoms with E-state index in [1.165, 1.54) is 24.3 Å². The van der Waals surface area contributed by atoms with Crippen LogP contribution >= 0.6 is 0 Å². The van der Waals surface area contributed by atoms with E-state index in [-0.39, 0.29) is 22.9 Å². The molecule has 0 spiro atoms. The lowest BCUT2D eigenvalue weighted by atomic mass is 10.1. The van der Waals surface area contributed by atoms with Crippen molar-refractivity contribution in [3.05, 3.63) is 66.1 Å². The Balaban J connectivity index is 1.90. The molecule has 0 fully saturated rings. The Bertz CT molecular complexity index is 911. The number of nitrogens with zero attached hydrogens (tertiary/aromatic N) is 3. The highest BCUT2D eigenvalue weighted by molar-refractivity contribution is 5.64. The number of aromatic nitrogens is 3. The van der Waals surface area contributed by atoms with Gasteiger partial charge in [-0.15, -0.1) is 0 Å². The molecule has 9 heteroatoms. The molecule has 2 aromatic heterocycles. The Morgan fingerprint density at radius 2 is 1.68 bits per heavy atom. The van der Waals surface area contributed by atoms with Crippen molar-refractivity contribution >= 4 is 11.6 Å². The van der Waals surface area contributed by atoms with Gasteiger partial charge in [0, 0.05) is 17.7 Å². The van der Waals surface area contributed by atoms with Crippen LogP contribution in [0.3, 0.4) is 0 Å². The summed E-state index contributed by atoms with van der Waals surface area (Å²) >= 11 is 0. The van der Waals surface area contributed by atoms with Crippen molar-refractivity contribution in [3.63, 3.8) is 0 Å². The van der Waals surface area contributed by atoms with Crippen LogP contribution in [0, 0.1) is 11.6 Å². The standard InChI is InChI=1S/C16H9F5N4/c17-9-4-5-10(11(18)6-9)12-7-15(23-8-22-12)25-14-3-1-2-13(24-14)16(19,20)21/h1-8H,(H,22,23,24,25). The fourth-order valence-corrected chi connectivity index (χ4v) is 2.06. The van der Waals surface area contributed by atoms with E-state index in [0.29, 0.717) is 6.07 Å². The third-order valence-electron chi connectivity index (χ3n) is 3.17. The van der Waals surface area contributed by atoms with Gasteiger partial charge in [-0.05, 0) is 24.3 Å². The average Bonchev–Trinajstić information content (AvgIpc) is 2.54. The van der Waals surface area contributed by atoms with Gasteiger partial charge in [0.1, 0.15) is 35.3 Å². The van der Waals surface area contributed by atoms with Crippen LogP contribution in [0.25, 0.3) is 11.3 Å². The smallest absolute Gasteiger partial charge is 0.325 e. The lowest BCUT2D eigenvalue weighted by Crippen LogP contribution is -2.09. The third-order valence-corrected chi connectivity index (χ3v) is 3.17. The van der Waals surface area contributed by atoms with Crippen molar-refractivity contribution in [3.8, 4) is 11.3 Å². The summed E-state index contributed by atoms with van der Waals surface area (Å²) in [5.41, 5.74) is -0.887. The summed E-state index contributed by atoms with van der Waals surface area (Å²) in [6.07, 6.45) is -3.47. The molecule has 3 aromatic rings. The second-order valence-electron chi connectivity index (χ2n) is 4.94. The van der Waals surface area contributed by atoms with E-state index in [1.54, 1.807) is 0 Å². The molecule has 2 heterocycles. The van der Waals surface area contributed by atoms with E-state index >= 15 is 0 Å². The monoisotopic (exact) mass is 352 g/mol. The molecular formula is C16H9F5N4. The van der Waals surface area contributed by atoms with E-state index < -0.39 is 23.5 Å². The number of rotatable bonds is 3. The zero-order valence-corrected chi connectivity index (χ0v) is 12.4. The van der Waals surface area contributed by atoms with Crippen molar-refractivity contribution in [2.45, 2.75) is 6.18 Å². The van der Waals surface area contributed by atoms with Crippen LogP contribution in [0.2, 0.25) is 0 Å². The number of pyridine rings is 1. The molecule has 1 N–H and O–H groups in total. The molecule has 0 radical (unpaired) electrons. The fourth-order valence-electron chi connectivity index (χ4n) is 2.06. The molecule has 0 aliphatic rings. The molecule has 0 unspecified atom stereocenters. The van der Waals surface area contributed by atoms with Crippen LogP contribution in [0.5, 0.6) is 0 Å². The van der Waals surface area contributed by atoms with Gasteiger partial charge >= 0.3 is 6.18 Å². The minimum Gasteiger partial charge on any atom is -0.325 e. The topological polar surface area (TPSA) is 50.7 Å². The maximum absolute atomic E-state index is 13.8. The lowest BCUT2D eigenvalue weighted by Gasteiger charge is -2.10. The summed E-state index contributed by atoms with van der Waals surface area (Å²) in [5, 5.41) is 2.60. The number of anilines is 2. The summed E-state index contributed by atoms with van der Waals surface area (Å²) in [4.78, 5) is 11.2. The van der Waals surface area contributed by atoms with Gasteiger partial charge in [-0.3, -0.25) is 0 Å². The largest absolute Gasteiger partial charge is 0.433 e. The number of hydrogen-bond acceptors (Lipinski definition) is 4. The molecule has 1 aromatic carbocycles. The van der Waals surface area contributed by atoms with E-state index in [1.807, 2.05) is 0 Å². The van der Waals surface area contributed by atoms with Gasteiger partial charge in [0.15, 0.2) is 0 Å². The second kappa shape index (κ2) is 6.42. The van der Waals surface area contributed by atoms with Gasteiger partial charge < -0.3 is 5.32 Å². The van der Waals surface area contributed by atoms with Crippen LogP contribution in [-0.4, -0.2) is 15.0 Å². The van der Waals surface area contributed by atoms with Gasteiger partial charge in [-0.25, -0.2) is 23.7 Å². The number of alkyl halides is 3. The van der Waals surface area contributed by atoms with Crippen LogP contribution in [0.4, 0.5) is 33.6 Å². The highest BCUT2D eigenvalue weighted by atomic mass is 19.4. The third kappa shape index (κ3) is 3.87. The van der Waals surface area contributed by atoms with E-state index in [4.69, 9.17) is 0 Å². The summed E-state index contributed by atoms with van der Waals surface area (Å²) < 4.78 is 64.8. The molecule has 0 bridgehead atoms. The highest BCUT2D eigenvalue weighted by Crippen LogP contribution is 2.29. The maximum atomic E-state index is 13.8.